The zero-order valence-electron chi connectivity index (χ0n) is 8.99. The van der Waals surface area contributed by atoms with Crippen molar-refractivity contribution in [1.82, 2.24) is 5.32 Å². The summed E-state index contributed by atoms with van der Waals surface area (Å²) in [4.78, 5) is 22.6. The smallest absolute Gasteiger partial charge is 0.332 e. The number of carbonyl (C=O) groups is 2. The van der Waals surface area contributed by atoms with E-state index in [9.17, 15) is 9.59 Å². The maximum atomic E-state index is 11.5. The molecule has 0 bridgehead atoms. The molecule has 3 N–H and O–H groups in total. The van der Waals surface area contributed by atoms with E-state index in [1.54, 1.807) is 6.92 Å². The van der Waals surface area contributed by atoms with E-state index in [-0.39, 0.29) is 12.6 Å². The van der Waals surface area contributed by atoms with Gasteiger partial charge in [-0.1, -0.05) is 12.8 Å². The molecule has 15 heavy (non-hydrogen) atoms. The number of ether oxygens (including phenoxy) is 1. The van der Waals surface area contributed by atoms with E-state index in [1.165, 1.54) is 0 Å². The maximum Gasteiger partial charge on any atom is 0.332 e. The molecule has 0 heterocycles. The van der Waals surface area contributed by atoms with E-state index in [1.807, 2.05) is 0 Å². The van der Waals surface area contributed by atoms with Gasteiger partial charge in [0, 0.05) is 6.04 Å². The lowest BCUT2D eigenvalue weighted by molar-refractivity contribution is -0.148. The number of rotatable bonds is 4. The fraction of sp³-hybridized carbons (Fsp3) is 0.800. The van der Waals surface area contributed by atoms with Crippen molar-refractivity contribution in [1.29, 1.82) is 0 Å². The quantitative estimate of drug-likeness (QED) is 0.507. The Labute approximate surface area is 89.3 Å². The average Bonchev–Trinajstić information content (AvgIpc) is 2.69. The molecular weight excluding hydrogens is 196 g/mol. The largest absolute Gasteiger partial charge is 0.464 e. The Bertz CT molecular complexity index is 237. The summed E-state index contributed by atoms with van der Waals surface area (Å²) in [5.41, 5.74) is 5.44. The molecule has 5 heteroatoms. The summed E-state index contributed by atoms with van der Waals surface area (Å²) in [6.07, 6.45) is 4.20. The maximum absolute atomic E-state index is 11.5. The van der Waals surface area contributed by atoms with Crippen LogP contribution in [0.5, 0.6) is 0 Å². The Hall–Kier alpha value is -1.10. The molecule has 1 aliphatic carbocycles. The Kier molecular flexibility index (Phi) is 4.55. The highest BCUT2D eigenvalue weighted by Crippen LogP contribution is 2.17. The Morgan fingerprint density at radius 1 is 1.47 bits per heavy atom. The van der Waals surface area contributed by atoms with E-state index >= 15 is 0 Å². The van der Waals surface area contributed by atoms with Crippen LogP contribution in [0.4, 0.5) is 0 Å². The normalized spacial score (nSPS) is 18.5. The molecule has 1 atom stereocenters. The van der Waals surface area contributed by atoms with Crippen LogP contribution in [0.3, 0.4) is 0 Å². The van der Waals surface area contributed by atoms with E-state index in [4.69, 9.17) is 5.73 Å². The molecule has 1 saturated carbocycles. The van der Waals surface area contributed by atoms with Crippen LogP contribution in [0, 0.1) is 0 Å². The molecule has 1 amide bonds. The molecular formula is C10H18N2O3. The van der Waals surface area contributed by atoms with Gasteiger partial charge in [0.2, 0.25) is 5.91 Å². The van der Waals surface area contributed by atoms with Gasteiger partial charge in [0.1, 0.15) is 0 Å². The van der Waals surface area contributed by atoms with Crippen molar-refractivity contribution in [3.8, 4) is 0 Å². The first-order chi connectivity index (χ1) is 7.15. The molecule has 0 saturated heterocycles. The van der Waals surface area contributed by atoms with Gasteiger partial charge >= 0.3 is 5.97 Å². The van der Waals surface area contributed by atoms with E-state index in [0.29, 0.717) is 0 Å². The standard InChI is InChI=1S/C10H18N2O3/c1-2-15-10(14)8(11)9(13)12-7-5-3-4-6-7/h7-8H,2-6,11H2,1H3,(H,12,13). The summed E-state index contributed by atoms with van der Waals surface area (Å²) in [7, 11) is 0. The summed E-state index contributed by atoms with van der Waals surface area (Å²) in [6, 6.07) is -1.01. The molecule has 0 aromatic rings. The van der Waals surface area contributed by atoms with Crippen molar-refractivity contribution in [2.45, 2.75) is 44.7 Å². The van der Waals surface area contributed by atoms with Gasteiger partial charge in [-0.15, -0.1) is 0 Å². The van der Waals surface area contributed by atoms with E-state index in [0.717, 1.165) is 25.7 Å². The summed E-state index contributed by atoms with van der Waals surface area (Å²) in [5, 5.41) is 2.75. The number of carbonyl (C=O) groups excluding carboxylic acids is 2. The minimum Gasteiger partial charge on any atom is -0.464 e. The molecule has 0 aliphatic heterocycles. The zero-order chi connectivity index (χ0) is 11.3. The summed E-state index contributed by atoms with van der Waals surface area (Å²) in [5.74, 6) is -1.09. The van der Waals surface area contributed by atoms with Crippen molar-refractivity contribution in [3.63, 3.8) is 0 Å². The van der Waals surface area contributed by atoms with Crippen LogP contribution in [0.25, 0.3) is 0 Å². The molecule has 1 fully saturated rings. The molecule has 1 unspecified atom stereocenters. The van der Waals surface area contributed by atoms with Crippen molar-refractivity contribution in [2.24, 2.45) is 5.73 Å². The van der Waals surface area contributed by atoms with Gasteiger partial charge in [-0.2, -0.15) is 0 Å². The molecule has 0 spiro atoms. The minimum atomic E-state index is -1.19. The first-order valence-corrected chi connectivity index (χ1v) is 5.37. The molecule has 1 aliphatic rings. The topological polar surface area (TPSA) is 81.4 Å². The number of nitrogens with one attached hydrogen (secondary N) is 1. The molecule has 5 nitrogen and oxygen atoms in total. The lowest BCUT2D eigenvalue weighted by Gasteiger charge is -2.15. The Morgan fingerprint density at radius 2 is 2.07 bits per heavy atom. The van der Waals surface area contributed by atoms with Gasteiger partial charge in [0.25, 0.3) is 0 Å². The summed E-state index contributed by atoms with van der Waals surface area (Å²) in [6.45, 7) is 1.92. The molecule has 1 rings (SSSR count). The van der Waals surface area contributed by atoms with E-state index < -0.39 is 17.9 Å². The van der Waals surface area contributed by atoms with Crippen LogP contribution >= 0.6 is 0 Å². The van der Waals surface area contributed by atoms with Gasteiger partial charge in [0.15, 0.2) is 6.04 Å². The van der Waals surface area contributed by atoms with E-state index in [2.05, 4.69) is 10.1 Å². The van der Waals surface area contributed by atoms with Crippen LogP contribution in [0.1, 0.15) is 32.6 Å². The molecule has 0 aromatic carbocycles. The second-order valence-electron chi connectivity index (χ2n) is 3.72. The highest BCUT2D eigenvalue weighted by atomic mass is 16.5. The predicted octanol–water partition coefficient (Wildman–Crippen LogP) is -0.0644. The third-order valence-electron chi connectivity index (χ3n) is 2.52. The number of amides is 1. The highest BCUT2D eigenvalue weighted by molar-refractivity contribution is 6.01. The van der Waals surface area contributed by atoms with Crippen molar-refractivity contribution in [3.05, 3.63) is 0 Å². The molecule has 86 valence electrons. The lowest BCUT2D eigenvalue weighted by atomic mass is 10.2. The molecule has 0 radical (unpaired) electrons. The lowest BCUT2D eigenvalue weighted by Crippen LogP contribution is -2.49. The minimum absolute atomic E-state index is 0.179. The van der Waals surface area contributed by atoms with Crippen LogP contribution in [0.2, 0.25) is 0 Å². The first-order valence-electron chi connectivity index (χ1n) is 5.37. The van der Waals surface area contributed by atoms with Crippen molar-refractivity contribution in [2.75, 3.05) is 6.61 Å². The van der Waals surface area contributed by atoms with Crippen LogP contribution < -0.4 is 11.1 Å². The van der Waals surface area contributed by atoms with Crippen LogP contribution in [-0.2, 0) is 14.3 Å². The first kappa shape index (κ1) is 12.0. The van der Waals surface area contributed by atoms with Gasteiger partial charge in [0.05, 0.1) is 6.61 Å². The fourth-order valence-corrected chi connectivity index (χ4v) is 1.70. The molecule has 0 aromatic heterocycles. The van der Waals surface area contributed by atoms with Gasteiger partial charge in [-0.05, 0) is 19.8 Å². The van der Waals surface area contributed by atoms with Crippen molar-refractivity contribution < 1.29 is 14.3 Å². The number of esters is 1. The van der Waals surface area contributed by atoms with Crippen LogP contribution in [0.15, 0.2) is 0 Å². The van der Waals surface area contributed by atoms with Crippen LogP contribution in [-0.4, -0.2) is 30.6 Å². The third-order valence-corrected chi connectivity index (χ3v) is 2.52. The second kappa shape index (κ2) is 5.70. The van der Waals surface area contributed by atoms with Gasteiger partial charge in [-0.25, -0.2) is 4.79 Å². The predicted molar refractivity (Wildman–Crippen MR) is 55.0 cm³/mol. The number of hydrogen-bond acceptors (Lipinski definition) is 4. The number of hydrogen-bond donors (Lipinski definition) is 2. The SMILES string of the molecule is CCOC(=O)C(N)C(=O)NC1CCCC1. The summed E-state index contributed by atoms with van der Waals surface area (Å²) >= 11 is 0. The number of nitrogens with two attached hydrogens (primary N) is 1. The monoisotopic (exact) mass is 214 g/mol. The Balaban J connectivity index is 2.34. The van der Waals surface area contributed by atoms with Crippen molar-refractivity contribution >= 4 is 11.9 Å². The second-order valence-corrected chi connectivity index (χ2v) is 3.72. The zero-order valence-corrected chi connectivity index (χ0v) is 8.99. The Morgan fingerprint density at radius 3 is 2.60 bits per heavy atom. The van der Waals surface area contributed by atoms with Gasteiger partial charge in [-0.3, -0.25) is 4.79 Å². The summed E-state index contributed by atoms with van der Waals surface area (Å²) < 4.78 is 4.66. The highest BCUT2D eigenvalue weighted by Gasteiger charge is 2.26. The fourth-order valence-electron chi connectivity index (χ4n) is 1.70. The third kappa shape index (κ3) is 3.51. The average molecular weight is 214 g/mol. The van der Waals surface area contributed by atoms with Gasteiger partial charge < -0.3 is 15.8 Å².